The van der Waals surface area contributed by atoms with Crippen molar-refractivity contribution in [2.45, 2.75) is 45.1 Å². The largest absolute Gasteiger partial charge is 0.367 e. The molecule has 2 heterocycles. The molecule has 0 spiro atoms. The van der Waals surface area contributed by atoms with E-state index in [1.165, 1.54) is 19.3 Å². The predicted octanol–water partition coefficient (Wildman–Crippen LogP) is 1.85. The Morgan fingerprint density at radius 3 is 3.06 bits per heavy atom. The second-order valence-electron chi connectivity index (χ2n) is 4.42. The normalized spacial score (nSPS) is 20.6. The van der Waals surface area contributed by atoms with Gasteiger partial charge in [0, 0.05) is 19.5 Å². The molecule has 96 valence electrons. The van der Waals surface area contributed by atoms with Crippen molar-refractivity contribution in [3.05, 3.63) is 11.7 Å². The first-order valence-corrected chi connectivity index (χ1v) is 6.55. The predicted molar refractivity (Wildman–Crippen MR) is 63.7 cm³/mol. The second kappa shape index (κ2) is 6.71. The van der Waals surface area contributed by atoms with Crippen LogP contribution in [0.4, 0.5) is 0 Å². The summed E-state index contributed by atoms with van der Waals surface area (Å²) in [7, 11) is 0. The molecule has 0 radical (unpaired) electrons. The van der Waals surface area contributed by atoms with E-state index < -0.39 is 0 Å². The number of ether oxygens (including phenoxy) is 1. The Morgan fingerprint density at radius 1 is 1.35 bits per heavy atom. The Morgan fingerprint density at radius 2 is 2.29 bits per heavy atom. The summed E-state index contributed by atoms with van der Waals surface area (Å²) in [6, 6.07) is 0. The van der Waals surface area contributed by atoms with Gasteiger partial charge in [-0.25, -0.2) is 0 Å². The van der Waals surface area contributed by atoms with Crippen molar-refractivity contribution in [2.75, 3.05) is 19.7 Å². The molecule has 0 amide bonds. The summed E-state index contributed by atoms with van der Waals surface area (Å²) in [5.74, 6) is 1.42. The van der Waals surface area contributed by atoms with E-state index in [1.807, 2.05) is 0 Å². The van der Waals surface area contributed by atoms with Crippen molar-refractivity contribution in [2.24, 2.45) is 0 Å². The average Bonchev–Trinajstić information content (AvgIpc) is 2.85. The molecule has 0 aromatic carbocycles. The molecule has 1 aromatic rings. The highest BCUT2D eigenvalue weighted by Crippen LogP contribution is 2.16. The number of aromatic nitrogens is 2. The fourth-order valence-corrected chi connectivity index (χ4v) is 1.93. The Labute approximate surface area is 102 Å². The Kier molecular flexibility index (Phi) is 4.94. The fraction of sp³-hybridized carbons (Fsp3) is 0.833. The van der Waals surface area contributed by atoms with Crippen LogP contribution in [0.2, 0.25) is 0 Å². The van der Waals surface area contributed by atoms with Gasteiger partial charge in [-0.05, 0) is 6.42 Å². The molecule has 1 saturated heterocycles. The van der Waals surface area contributed by atoms with E-state index in [0.717, 1.165) is 31.8 Å². The maximum Gasteiger partial charge on any atom is 0.226 e. The van der Waals surface area contributed by atoms with Gasteiger partial charge in [0.25, 0.3) is 0 Å². The van der Waals surface area contributed by atoms with Crippen LogP contribution in [0.5, 0.6) is 0 Å². The Hall–Kier alpha value is -0.940. The first-order chi connectivity index (χ1) is 8.40. The minimum absolute atomic E-state index is 0.0445. The lowest BCUT2D eigenvalue weighted by Gasteiger charge is -2.20. The highest BCUT2D eigenvalue weighted by molar-refractivity contribution is 4.93. The van der Waals surface area contributed by atoms with Crippen molar-refractivity contribution in [3.8, 4) is 0 Å². The van der Waals surface area contributed by atoms with Crippen molar-refractivity contribution in [3.63, 3.8) is 0 Å². The van der Waals surface area contributed by atoms with Crippen LogP contribution in [0.25, 0.3) is 0 Å². The molecule has 0 aliphatic carbocycles. The smallest absolute Gasteiger partial charge is 0.226 e. The van der Waals surface area contributed by atoms with E-state index in [0.29, 0.717) is 12.4 Å². The van der Waals surface area contributed by atoms with Crippen LogP contribution in [0.3, 0.4) is 0 Å². The van der Waals surface area contributed by atoms with Gasteiger partial charge in [0.05, 0.1) is 6.61 Å². The van der Waals surface area contributed by atoms with Crippen LogP contribution < -0.4 is 5.32 Å². The molecule has 1 aromatic heterocycles. The quantitative estimate of drug-likeness (QED) is 0.768. The summed E-state index contributed by atoms with van der Waals surface area (Å²) < 4.78 is 10.8. The maximum absolute atomic E-state index is 5.57. The van der Waals surface area contributed by atoms with Crippen molar-refractivity contribution >= 4 is 0 Å². The lowest BCUT2D eigenvalue weighted by molar-refractivity contribution is 0.0208. The molecule has 1 aliphatic rings. The highest BCUT2D eigenvalue weighted by atomic mass is 16.5. The van der Waals surface area contributed by atoms with Crippen molar-refractivity contribution < 1.29 is 9.26 Å². The Bertz CT molecular complexity index is 321. The van der Waals surface area contributed by atoms with Gasteiger partial charge < -0.3 is 14.6 Å². The summed E-state index contributed by atoms with van der Waals surface area (Å²) in [5, 5.41) is 7.24. The standard InChI is InChI=1S/C12H21N3O2/c1-2-3-4-5-6-11-14-12(15-17-11)10-9-13-7-8-16-10/h10,13H,2-9H2,1H3. The van der Waals surface area contributed by atoms with Gasteiger partial charge in [0.15, 0.2) is 0 Å². The fourth-order valence-electron chi connectivity index (χ4n) is 1.93. The van der Waals surface area contributed by atoms with Gasteiger partial charge in [-0.1, -0.05) is 31.3 Å². The summed E-state index contributed by atoms with van der Waals surface area (Å²) in [6.45, 7) is 4.59. The first kappa shape index (κ1) is 12.5. The van der Waals surface area contributed by atoms with Crippen molar-refractivity contribution in [1.82, 2.24) is 15.5 Å². The first-order valence-electron chi connectivity index (χ1n) is 6.55. The molecule has 5 nitrogen and oxygen atoms in total. The van der Waals surface area contributed by atoms with E-state index >= 15 is 0 Å². The number of hydrogen-bond acceptors (Lipinski definition) is 5. The molecule has 1 N–H and O–H groups in total. The molecule has 0 saturated carbocycles. The van der Waals surface area contributed by atoms with Crippen LogP contribution in [-0.4, -0.2) is 29.8 Å². The highest BCUT2D eigenvalue weighted by Gasteiger charge is 2.21. The number of nitrogens with zero attached hydrogens (tertiary/aromatic N) is 2. The summed E-state index contributed by atoms with van der Waals surface area (Å²) in [5.41, 5.74) is 0. The van der Waals surface area contributed by atoms with Crippen LogP contribution >= 0.6 is 0 Å². The molecular weight excluding hydrogens is 218 g/mol. The van der Waals surface area contributed by atoms with E-state index in [-0.39, 0.29) is 6.10 Å². The zero-order valence-corrected chi connectivity index (χ0v) is 10.4. The van der Waals surface area contributed by atoms with Crippen LogP contribution in [0.1, 0.15) is 50.4 Å². The second-order valence-corrected chi connectivity index (χ2v) is 4.42. The number of nitrogens with one attached hydrogen (secondary N) is 1. The molecule has 1 aliphatic heterocycles. The number of unbranched alkanes of at least 4 members (excludes halogenated alkanes) is 3. The monoisotopic (exact) mass is 239 g/mol. The molecule has 1 atom stereocenters. The van der Waals surface area contributed by atoms with Gasteiger partial charge in [0.1, 0.15) is 6.10 Å². The van der Waals surface area contributed by atoms with Gasteiger partial charge in [-0.3, -0.25) is 0 Å². The Balaban J connectivity index is 1.78. The van der Waals surface area contributed by atoms with Gasteiger partial charge >= 0.3 is 0 Å². The van der Waals surface area contributed by atoms with Gasteiger partial charge in [-0.15, -0.1) is 0 Å². The summed E-state index contributed by atoms with van der Waals surface area (Å²) in [4.78, 5) is 4.39. The van der Waals surface area contributed by atoms with E-state index in [9.17, 15) is 0 Å². The number of rotatable bonds is 6. The summed E-state index contributed by atoms with van der Waals surface area (Å²) >= 11 is 0. The minimum Gasteiger partial charge on any atom is -0.367 e. The number of morpholine rings is 1. The number of aryl methyl sites for hydroxylation is 1. The SMILES string of the molecule is CCCCCCc1nc(C2CNCCO2)no1. The maximum atomic E-state index is 5.57. The number of hydrogen-bond donors (Lipinski definition) is 1. The van der Waals surface area contributed by atoms with E-state index in [4.69, 9.17) is 9.26 Å². The molecule has 17 heavy (non-hydrogen) atoms. The van der Waals surface area contributed by atoms with Crippen molar-refractivity contribution in [1.29, 1.82) is 0 Å². The molecular formula is C12H21N3O2. The van der Waals surface area contributed by atoms with Gasteiger partial charge in [0.2, 0.25) is 11.7 Å². The molecule has 5 heteroatoms. The van der Waals surface area contributed by atoms with Crippen LogP contribution in [-0.2, 0) is 11.2 Å². The third kappa shape index (κ3) is 3.78. The molecule has 1 unspecified atom stereocenters. The van der Waals surface area contributed by atoms with Gasteiger partial charge in [-0.2, -0.15) is 4.98 Å². The summed E-state index contributed by atoms with van der Waals surface area (Å²) in [6.07, 6.45) is 5.71. The molecule has 2 rings (SSSR count). The lowest BCUT2D eigenvalue weighted by atomic mass is 10.1. The van der Waals surface area contributed by atoms with Crippen LogP contribution in [0.15, 0.2) is 4.52 Å². The minimum atomic E-state index is -0.0445. The lowest BCUT2D eigenvalue weighted by Crippen LogP contribution is -2.33. The molecule has 0 bridgehead atoms. The average molecular weight is 239 g/mol. The van der Waals surface area contributed by atoms with E-state index in [1.54, 1.807) is 0 Å². The molecule has 1 fully saturated rings. The van der Waals surface area contributed by atoms with E-state index in [2.05, 4.69) is 22.4 Å². The zero-order chi connectivity index (χ0) is 11.9. The third-order valence-corrected chi connectivity index (χ3v) is 2.94. The third-order valence-electron chi connectivity index (χ3n) is 2.94. The topological polar surface area (TPSA) is 60.2 Å². The zero-order valence-electron chi connectivity index (χ0n) is 10.4. The van der Waals surface area contributed by atoms with Crippen LogP contribution in [0, 0.1) is 0 Å².